The minimum Gasteiger partial charge on any atom is -0.497 e. The number of aryl methyl sites for hydroxylation is 1. The number of rotatable bonds is 2. The van der Waals surface area contributed by atoms with Gasteiger partial charge >= 0.3 is 0 Å². The van der Waals surface area contributed by atoms with Crippen molar-refractivity contribution in [2.24, 2.45) is 0 Å². The summed E-state index contributed by atoms with van der Waals surface area (Å²) in [5.41, 5.74) is 5.31. The van der Waals surface area contributed by atoms with Crippen molar-refractivity contribution < 1.29 is 4.74 Å². The number of methoxy groups -OCH3 is 1. The molecule has 1 heterocycles. The molecule has 2 aromatic carbocycles. The van der Waals surface area contributed by atoms with Crippen LogP contribution in [-0.2, 0) is 6.42 Å². The van der Waals surface area contributed by atoms with Gasteiger partial charge in [0.1, 0.15) is 5.75 Å². The second-order valence-corrected chi connectivity index (χ2v) is 4.68. The second kappa shape index (κ2) is 4.37. The molecular weight excluding hydrogens is 222 g/mol. The molecule has 18 heavy (non-hydrogen) atoms. The van der Waals surface area contributed by atoms with Gasteiger partial charge in [-0.25, -0.2) is 0 Å². The Labute approximate surface area is 108 Å². The van der Waals surface area contributed by atoms with Crippen molar-refractivity contribution in [1.29, 1.82) is 0 Å². The van der Waals surface area contributed by atoms with Gasteiger partial charge in [-0.2, -0.15) is 0 Å². The molecule has 0 bridgehead atoms. The highest BCUT2D eigenvalue weighted by Gasteiger charge is 2.20. The fourth-order valence-electron chi connectivity index (χ4n) is 2.65. The maximum atomic E-state index is 5.26. The lowest BCUT2D eigenvalue weighted by Gasteiger charge is -2.22. The van der Waals surface area contributed by atoms with Crippen LogP contribution in [0.2, 0.25) is 0 Å². The minimum absolute atomic E-state index is 0.920. The molecule has 0 spiro atoms. The Balaban J connectivity index is 2.02. The van der Waals surface area contributed by atoms with Crippen LogP contribution in [0.1, 0.15) is 11.1 Å². The van der Waals surface area contributed by atoms with Crippen molar-refractivity contribution in [2.75, 3.05) is 18.6 Å². The van der Waals surface area contributed by atoms with Gasteiger partial charge in [-0.05, 0) is 48.7 Å². The third-order valence-electron chi connectivity index (χ3n) is 3.58. The standard InChI is InChI=1S/C16H17NO/c1-12-11-14(18-2)7-8-15(12)17-10-9-13-5-3-4-6-16(13)17/h3-8,11H,9-10H2,1-2H3. The number of hydrogen-bond acceptors (Lipinski definition) is 2. The summed E-state index contributed by atoms with van der Waals surface area (Å²) in [4.78, 5) is 2.39. The zero-order chi connectivity index (χ0) is 12.5. The Morgan fingerprint density at radius 3 is 2.67 bits per heavy atom. The maximum Gasteiger partial charge on any atom is 0.119 e. The third-order valence-corrected chi connectivity index (χ3v) is 3.58. The summed E-state index contributed by atoms with van der Waals surface area (Å²) in [5, 5.41) is 0. The van der Waals surface area contributed by atoms with E-state index in [4.69, 9.17) is 4.74 Å². The number of fused-ring (bicyclic) bond motifs is 1. The lowest BCUT2D eigenvalue weighted by Crippen LogP contribution is -2.14. The number of benzene rings is 2. The Kier molecular flexibility index (Phi) is 2.71. The van der Waals surface area contributed by atoms with Crippen molar-refractivity contribution in [3.63, 3.8) is 0 Å². The Hall–Kier alpha value is -1.96. The first-order valence-electron chi connectivity index (χ1n) is 6.29. The van der Waals surface area contributed by atoms with E-state index in [-0.39, 0.29) is 0 Å². The van der Waals surface area contributed by atoms with E-state index in [1.807, 2.05) is 6.07 Å². The average Bonchev–Trinajstić information content (AvgIpc) is 2.82. The molecule has 2 aromatic rings. The summed E-state index contributed by atoms with van der Waals surface area (Å²) >= 11 is 0. The largest absolute Gasteiger partial charge is 0.497 e. The molecule has 92 valence electrons. The predicted molar refractivity (Wildman–Crippen MR) is 74.9 cm³/mol. The SMILES string of the molecule is COc1ccc(N2CCc3ccccc32)c(C)c1. The van der Waals surface area contributed by atoms with E-state index in [0.717, 1.165) is 18.7 Å². The zero-order valence-corrected chi connectivity index (χ0v) is 10.8. The Morgan fingerprint density at radius 2 is 1.89 bits per heavy atom. The molecule has 0 radical (unpaired) electrons. The van der Waals surface area contributed by atoms with Gasteiger partial charge in [0, 0.05) is 17.9 Å². The van der Waals surface area contributed by atoms with Crippen molar-refractivity contribution >= 4 is 11.4 Å². The first kappa shape index (κ1) is 11.1. The summed E-state index contributed by atoms with van der Waals surface area (Å²) in [6.45, 7) is 3.20. The molecule has 0 atom stereocenters. The van der Waals surface area contributed by atoms with Crippen LogP contribution < -0.4 is 9.64 Å². The molecule has 0 saturated carbocycles. The van der Waals surface area contributed by atoms with Crippen LogP contribution >= 0.6 is 0 Å². The van der Waals surface area contributed by atoms with Crippen LogP contribution in [0, 0.1) is 6.92 Å². The number of hydrogen-bond donors (Lipinski definition) is 0. The first-order chi connectivity index (χ1) is 8.79. The summed E-state index contributed by atoms with van der Waals surface area (Å²) in [7, 11) is 1.71. The highest BCUT2D eigenvalue weighted by Crippen LogP contribution is 2.36. The van der Waals surface area contributed by atoms with Crippen molar-refractivity contribution in [3.8, 4) is 5.75 Å². The van der Waals surface area contributed by atoms with E-state index >= 15 is 0 Å². The number of anilines is 2. The van der Waals surface area contributed by atoms with Gasteiger partial charge in [0.25, 0.3) is 0 Å². The molecule has 0 amide bonds. The van der Waals surface area contributed by atoms with Gasteiger partial charge in [0.2, 0.25) is 0 Å². The van der Waals surface area contributed by atoms with Crippen LogP contribution in [0.3, 0.4) is 0 Å². The summed E-state index contributed by atoms with van der Waals surface area (Å²) in [6, 6.07) is 14.9. The van der Waals surface area contributed by atoms with E-state index in [1.54, 1.807) is 7.11 Å². The van der Waals surface area contributed by atoms with E-state index in [1.165, 1.54) is 22.5 Å². The molecule has 0 N–H and O–H groups in total. The quantitative estimate of drug-likeness (QED) is 0.792. The minimum atomic E-state index is 0.920. The molecule has 0 unspecified atom stereocenters. The smallest absolute Gasteiger partial charge is 0.119 e. The number of nitrogens with zero attached hydrogens (tertiary/aromatic N) is 1. The van der Waals surface area contributed by atoms with Gasteiger partial charge in [-0.15, -0.1) is 0 Å². The lowest BCUT2D eigenvalue weighted by atomic mass is 10.1. The number of para-hydroxylation sites is 1. The molecule has 2 nitrogen and oxygen atoms in total. The van der Waals surface area contributed by atoms with E-state index in [9.17, 15) is 0 Å². The third kappa shape index (κ3) is 1.74. The maximum absolute atomic E-state index is 5.26. The molecule has 2 heteroatoms. The molecule has 0 fully saturated rings. The Morgan fingerprint density at radius 1 is 1.06 bits per heavy atom. The van der Waals surface area contributed by atoms with Crippen LogP contribution in [0.5, 0.6) is 5.75 Å². The molecule has 1 aliphatic heterocycles. The molecule has 1 aliphatic rings. The first-order valence-corrected chi connectivity index (χ1v) is 6.29. The number of ether oxygens (including phenoxy) is 1. The van der Waals surface area contributed by atoms with Crippen LogP contribution in [-0.4, -0.2) is 13.7 Å². The molecule has 0 aromatic heterocycles. The Bertz CT molecular complexity index is 577. The highest BCUT2D eigenvalue weighted by atomic mass is 16.5. The van der Waals surface area contributed by atoms with Crippen LogP contribution in [0.4, 0.5) is 11.4 Å². The highest BCUT2D eigenvalue weighted by molar-refractivity contribution is 5.72. The second-order valence-electron chi connectivity index (χ2n) is 4.68. The predicted octanol–water partition coefficient (Wildman–Crippen LogP) is 3.70. The summed E-state index contributed by atoms with van der Waals surface area (Å²) in [6.07, 6.45) is 1.13. The van der Waals surface area contributed by atoms with Gasteiger partial charge in [0.15, 0.2) is 0 Å². The zero-order valence-electron chi connectivity index (χ0n) is 10.8. The fourth-order valence-corrected chi connectivity index (χ4v) is 2.65. The van der Waals surface area contributed by atoms with E-state index in [2.05, 4.69) is 48.2 Å². The normalized spacial score (nSPS) is 13.6. The lowest BCUT2D eigenvalue weighted by molar-refractivity contribution is 0.414. The van der Waals surface area contributed by atoms with Gasteiger partial charge < -0.3 is 9.64 Å². The van der Waals surface area contributed by atoms with Gasteiger partial charge in [-0.3, -0.25) is 0 Å². The van der Waals surface area contributed by atoms with Crippen LogP contribution in [0.15, 0.2) is 42.5 Å². The topological polar surface area (TPSA) is 12.5 Å². The summed E-state index contributed by atoms with van der Waals surface area (Å²) in [5.74, 6) is 0.920. The van der Waals surface area contributed by atoms with Gasteiger partial charge in [-0.1, -0.05) is 18.2 Å². The monoisotopic (exact) mass is 239 g/mol. The molecular formula is C16H17NO. The fraction of sp³-hybridized carbons (Fsp3) is 0.250. The van der Waals surface area contributed by atoms with E-state index < -0.39 is 0 Å². The molecule has 0 saturated heterocycles. The molecule has 0 aliphatic carbocycles. The van der Waals surface area contributed by atoms with Crippen molar-refractivity contribution in [1.82, 2.24) is 0 Å². The van der Waals surface area contributed by atoms with Crippen molar-refractivity contribution in [3.05, 3.63) is 53.6 Å². The molecule has 3 rings (SSSR count). The summed E-state index contributed by atoms with van der Waals surface area (Å²) < 4.78 is 5.26. The van der Waals surface area contributed by atoms with Crippen LogP contribution in [0.25, 0.3) is 0 Å². The average molecular weight is 239 g/mol. The van der Waals surface area contributed by atoms with Crippen molar-refractivity contribution in [2.45, 2.75) is 13.3 Å². The van der Waals surface area contributed by atoms with Gasteiger partial charge in [0.05, 0.1) is 7.11 Å². The van der Waals surface area contributed by atoms with E-state index in [0.29, 0.717) is 0 Å².